The predicted molar refractivity (Wildman–Crippen MR) is 97.2 cm³/mol. The molecule has 0 aliphatic heterocycles. The maximum atomic E-state index is 10.3. The van der Waals surface area contributed by atoms with Crippen molar-refractivity contribution in [1.82, 2.24) is 0 Å². The number of rotatable bonds is 3. The number of nitrogens with zero attached hydrogens (tertiary/aromatic N) is 1. The van der Waals surface area contributed by atoms with E-state index in [1.54, 1.807) is 7.11 Å². The van der Waals surface area contributed by atoms with Gasteiger partial charge in [0.2, 0.25) is 0 Å². The Balaban J connectivity index is 1.66. The average Bonchev–Trinajstić information content (AvgIpc) is 2.93. The molecule has 0 bridgehead atoms. The number of hydrogen-bond acceptors (Lipinski definition) is 3. The monoisotopic (exact) mass is 339 g/mol. The summed E-state index contributed by atoms with van der Waals surface area (Å²) < 4.78 is 5.27. The largest absolute Gasteiger partial charge is 0.508 e. The summed E-state index contributed by atoms with van der Waals surface area (Å²) in [5.41, 5.74) is 4.09. The molecular weight excluding hydrogens is 310 g/mol. The SMILES string of the molecule is COCc1cc2c(cc1O)CCC1C2CC[C@]2(C)[C@@H](CC#N)CC[C@@H]12. The Bertz CT molecular complexity index is 707. The quantitative estimate of drug-likeness (QED) is 0.850. The van der Waals surface area contributed by atoms with Crippen LogP contribution in [0.4, 0.5) is 0 Å². The van der Waals surface area contributed by atoms with Gasteiger partial charge in [0.25, 0.3) is 0 Å². The average molecular weight is 339 g/mol. The van der Waals surface area contributed by atoms with Crippen LogP contribution in [0.25, 0.3) is 0 Å². The fourth-order valence-corrected chi connectivity index (χ4v) is 6.48. The van der Waals surface area contributed by atoms with Gasteiger partial charge in [0.05, 0.1) is 12.7 Å². The van der Waals surface area contributed by atoms with Crippen LogP contribution in [0.15, 0.2) is 12.1 Å². The van der Waals surface area contributed by atoms with Crippen molar-refractivity contribution in [2.45, 2.75) is 64.4 Å². The number of aryl methyl sites for hydroxylation is 1. The molecule has 5 atom stereocenters. The first kappa shape index (κ1) is 16.9. The molecular formula is C22H29NO2. The zero-order valence-corrected chi connectivity index (χ0v) is 15.4. The summed E-state index contributed by atoms with van der Waals surface area (Å²) in [7, 11) is 1.68. The van der Waals surface area contributed by atoms with Crippen molar-refractivity contribution in [1.29, 1.82) is 5.26 Å². The van der Waals surface area contributed by atoms with Crippen LogP contribution >= 0.6 is 0 Å². The van der Waals surface area contributed by atoms with E-state index in [1.807, 2.05) is 6.07 Å². The summed E-state index contributed by atoms with van der Waals surface area (Å²) in [4.78, 5) is 0. The van der Waals surface area contributed by atoms with E-state index in [9.17, 15) is 10.4 Å². The Kier molecular flexibility index (Phi) is 4.28. The van der Waals surface area contributed by atoms with Gasteiger partial charge in [-0.05, 0) is 90.9 Å². The zero-order valence-electron chi connectivity index (χ0n) is 15.4. The Morgan fingerprint density at radius 3 is 2.88 bits per heavy atom. The van der Waals surface area contributed by atoms with Gasteiger partial charge in [-0.1, -0.05) is 6.92 Å². The molecule has 1 N–H and O–H groups in total. The number of aromatic hydroxyl groups is 1. The van der Waals surface area contributed by atoms with Crippen molar-refractivity contribution in [3.05, 3.63) is 28.8 Å². The molecule has 2 fully saturated rings. The highest BCUT2D eigenvalue weighted by molar-refractivity contribution is 5.45. The second kappa shape index (κ2) is 6.32. The fraction of sp³-hybridized carbons (Fsp3) is 0.682. The van der Waals surface area contributed by atoms with E-state index < -0.39 is 0 Å². The summed E-state index contributed by atoms with van der Waals surface area (Å²) in [5, 5.41) is 19.5. The molecule has 25 heavy (non-hydrogen) atoms. The maximum absolute atomic E-state index is 10.3. The normalized spacial score (nSPS) is 36.2. The van der Waals surface area contributed by atoms with Crippen LogP contribution in [0.2, 0.25) is 0 Å². The lowest BCUT2D eigenvalue weighted by atomic mass is 9.54. The van der Waals surface area contributed by atoms with Crippen molar-refractivity contribution < 1.29 is 9.84 Å². The third kappa shape index (κ3) is 2.57. The summed E-state index contributed by atoms with van der Waals surface area (Å²) >= 11 is 0. The number of phenols is 1. The molecule has 134 valence electrons. The minimum Gasteiger partial charge on any atom is -0.508 e. The van der Waals surface area contributed by atoms with Gasteiger partial charge in [0.1, 0.15) is 5.75 Å². The number of nitriles is 1. The van der Waals surface area contributed by atoms with Crippen LogP contribution in [-0.4, -0.2) is 12.2 Å². The van der Waals surface area contributed by atoms with Gasteiger partial charge in [-0.15, -0.1) is 0 Å². The molecule has 0 amide bonds. The Morgan fingerprint density at radius 2 is 2.12 bits per heavy atom. The van der Waals surface area contributed by atoms with Crippen LogP contribution in [-0.2, 0) is 17.8 Å². The van der Waals surface area contributed by atoms with Crippen LogP contribution in [0, 0.1) is 34.5 Å². The number of methoxy groups -OCH3 is 1. The van der Waals surface area contributed by atoms with E-state index in [1.165, 1.54) is 43.2 Å². The van der Waals surface area contributed by atoms with Crippen molar-refractivity contribution in [3.8, 4) is 11.8 Å². The first-order chi connectivity index (χ1) is 12.1. The van der Waals surface area contributed by atoms with E-state index in [-0.39, 0.29) is 0 Å². The highest BCUT2D eigenvalue weighted by Crippen LogP contribution is 2.63. The number of ether oxygens (including phenoxy) is 1. The van der Waals surface area contributed by atoms with E-state index in [2.05, 4.69) is 19.1 Å². The molecule has 3 aliphatic carbocycles. The Labute approximate surface area is 151 Å². The van der Waals surface area contributed by atoms with E-state index in [0.29, 0.717) is 29.6 Å². The van der Waals surface area contributed by atoms with Gasteiger partial charge in [-0.2, -0.15) is 5.26 Å². The molecule has 1 aromatic rings. The number of phenolic OH excluding ortho intramolecular Hbond substituents is 1. The molecule has 0 saturated heterocycles. The highest BCUT2D eigenvalue weighted by Gasteiger charge is 2.54. The van der Waals surface area contributed by atoms with Gasteiger partial charge >= 0.3 is 0 Å². The fourth-order valence-electron chi connectivity index (χ4n) is 6.48. The Morgan fingerprint density at radius 1 is 1.28 bits per heavy atom. The van der Waals surface area contributed by atoms with Crippen molar-refractivity contribution in [3.63, 3.8) is 0 Å². The van der Waals surface area contributed by atoms with E-state index in [4.69, 9.17) is 4.74 Å². The lowest BCUT2D eigenvalue weighted by molar-refractivity contribution is 0.0296. The molecule has 0 spiro atoms. The van der Waals surface area contributed by atoms with Crippen molar-refractivity contribution in [2.24, 2.45) is 23.2 Å². The van der Waals surface area contributed by atoms with Gasteiger partial charge in [-0.25, -0.2) is 0 Å². The van der Waals surface area contributed by atoms with E-state index in [0.717, 1.165) is 30.2 Å². The number of fused-ring (bicyclic) bond motifs is 5. The summed E-state index contributed by atoms with van der Waals surface area (Å²) in [5.74, 6) is 3.11. The topological polar surface area (TPSA) is 53.2 Å². The minimum atomic E-state index is 0.362. The van der Waals surface area contributed by atoms with Crippen LogP contribution in [0.3, 0.4) is 0 Å². The van der Waals surface area contributed by atoms with Crippen molar-refractivity contribution >= 4 is 0 Å². The van der Waals surface area contributed by atoms with Gasteiger partial charge in [0.15, 0.2) is 0 Å². The second-order valence-electron chi connectivity index (χ2n) is 8.71. The zero-order chi connectivity index (χ0) is 17.6. The summed E-state index contributed by atoms with van der Waals surface area (Å²) in [6, 6.07) is 6.65. The standard InChI is InChI=1S/C22H29NO2/c1-22-9-7-17-18(20(22)6-4-16(22)8-10-23)5-3-14-12-21(24)15(13-25-2)11-19(14)17/h11-12,16-18,20,24H,3-9,13H2,1-2H3/t16-,17?,18?,20+,22-/m1/s1. The molecule has 0 aromatic heterocycles. The second-order valence-corrected chi connectivity index (χ2v) is 8.71. The van der Waals surface area contributed by atoms with Gasteiger partial charge in [-0.3, -0.25) is 0 Å². The minimum absolute atomic E-state index is 0.362. The lowest BCUT2D eigenvalue weighted by Crippen LogP contribution is -2.42. The number of benzene rings is 1. The lowest BCUT2D eigenvalue weighted by Gasteiger charge is -2.51. The summed E-state index contributed by atoms with van der Waals surface area (Å²) in [6.45, 7) is 2.94. The molecule has 2 unspecified atom stereocenters. The summed E-state index contributed by atoms with van der Waals surface area (Å²) in [6.07, 6.45) is 8.03. The molecule has 3 nitrogen and oxygen atoms in total. The van der Waals surface area contributed by atoms with Crippen LogP contribution in [0.1, 0.15) is 68.1 Å². The van der Waals surface area contributed by atoms with Crippen LogP contribution < -0.4 is 0 Å². The number of hydrogen-bond donors (Lipinski definition) is 1. The van der Waals surface area contributed by atoms with Crippen LogP contribution in [0.5, 0.6) is 5.75 Å². The van der Waals surface area contributed by atoms with Crippen molar-refractivity contribution in [2.75, 3.05) is 7.11 Å². The first-order valence-electron chi connectivity index (χ1n) is 9.79. The molecule has 3 aliphatic rings. The third-order valence-corrected chi connectivity index (χ3v) is 7.76. The molecule has 2 saturated carbocycles. The molecule has 0 heterocycles. The third-order valence-electron chi connectivity index (χ3n) is 7.76. The van der Waals surface area contributed by atoms with Gasteiger partial charge in [0, 0.05) is 19.1 Å². The highest BCUT2D eigenvalue weighted by atomic mass is 16.5. The molecule has 1 aromatic carbocycles. The van der Waals surface area contributed by atoms with Gasteiger partial charge < -0.3 is 9.84 Å². The smallest absolute Gasteiger partial charge is 0.121 e. The van der Waals surface area contributed by atoms with E-state index >= 15 is 0 Å². The molecule has 0 radical (unpaired) electrons. The molecule has 3 heteroatoms. The predicted octanol–water partition coefficient (Wildman–Crippen LogP) is 4.92. The maximum Gasteiger partial charge on any atom is 0.121 e. The molecule has 4 rings (SSSR count). The Hall–Kier alpha value is -1.53. The first-order valence-corrected chi connectivity index (χ1v) is 9.79.